The van der Waals surface area contributed by atoms with Gasteiger partial charge in [0, 0.05) is 21.8 Å². The molecule has 0 N–H and O–H groups in total. The third-order valence-corrected chi connectivity index (χ3v) is 9.81. The van der Waals surface area contributed by atoms with Gasteiger partial charge in [-0.2, -0.15) is 0 Å². The van der Waals surface area contributed by atoms with Crippen molar-refractivity contribution >= 4 is 71.9 Å². The lowest BCUT2D eigenvalue weighted by molar-refractivity contribution is -0.384. The van der Waals surface area contributed by atoms with Gasteiger partial charge in [-0.15, -0.1) is 0 Å². The number of halogens is 3. The van der Waals surface area contributed by atoms with Crippen LogP contribution in [0.2, 0.25) is 0 Å². The fraction of sp³-hybridized carbons (Fsp3) is 0.238. The maximum Gasteiger partial charge on any atom is 0.270 e. The van der Waals surface area contributed by atoms with Gasteiger partial charge >= 0.3 is 0 Å². The molecule has 2 aromatic carbocycles. The summed E-state index contributed by atoms with van der Waals surface area (Å²) in [5, 5.41) is 10.7. The maximum absolute atomic E-state index is 11.2. The van der Waals surface area contributed by atoms with Crippen LogP contribution in [0.15, 0.2) is 71.1 Å². The van der Waals surface area contributed by atoms with Crippen molar-refractivity contribution in [2.45, 2.75) is 32.9 Å². The van der Waals surface area contributed by atoms with E-state index in [9.17, 15) is 10.1 Å². The molecule has 164 valence electrons. The summed E-state index contributed by atoms with van der Waals surface area (Å²) in [6.45, 7) is 8.02. The van der Waals surface area contributed by atoms with Gasteiger partial charge in [-0.3, -0.25) is 10.1 Å². The molecule has 1 atom stereocenters. The average molecular weight is 635 g/mol. The molecule has 0 fully saturated rings. The predicted octanol–water partition coefficient (Wildman–Crippen LogP) is 8.73. The molecule has 10 heteroatoms. The molecule has 1 aromatic heterocycles. The molecule has 3 rings (SSSR count). The van der Waals surface area contributed by atoms with Crippen LogP contribution in [-0.2, 0) is 0 Å². The summed E-state index contributed by atoms with van der Waals surface area (Å²) < 4.78 is 20.1. The Balaban J connectivity index is 2.32. The van der Waals surface area contributed by atoms with E-state index in [0.29, 0.717) is 21.4 Å². The molecule has 0 aliphatic heterocycles. The number of rotatable bonds is 5. The van der Waals surface area contributed by atoms with Gasteiger partial charge in [0.15, 0.2) is 5.50 Å². The fourth-order valence-electron chi connectivity index (χ4n) is 2.85. The molecular formula is C21H20Br3N2O4P. The number of hydrogen-bond acceptors (Lipinski definition) is 5. The van der Waals surface area contributed by atoms with Crippen LogP contribution < -0.4 is 10.0 Å². The summed E-state index contributed by atoms with van der Waals surface area (Å²) in [6, 6.07) is 13.9. The van der Waals surface area contributed by atoms with E-state index in [1.807, 2.05) is 58.0 Å². The van der Waals surface area contributed by atoms with E-state index < -0.39 is 17.4 Å². The van der Waals surface area contributed by atoms with E-state index in [1.165, 1.54) is 12.1 Å². The topological polar surface area (TPSA) is 77.9 Å². The normalized spacial score (nSPS) is 13.5. The molecule has 0 radical (unpaired) electrons. The first kappa shape index (κ1) is 24.2. The molecule has 3 aromatic rings. The molecule has 0 amide bonds. The van der Waals surface area contributed by atoms with Crippen LogP contribution in [0.4, 0.5) is 11.4 Å². The van der Waals surface area contributed by atoms with Crippen molar-refractivity contribution in [3.8, 4) is 5.75 Å². The number of benzene rings is 2. The minimum Gasteiger partial charge on any atom is -0.457 e. The maximum atomic E-state index is 11.2. The smallest absolute Gasteiger partial charge is 0.270 e. The Labute approximate surface area is 206 Å². The zero-order chi connectivity index (χ0) is 23.0. The number of aryl methyl sites for hydroxylation is 1. The van der Waals surface area contributed by atoms with Crippen LogP contribution in [0.5, 0.6) is 5.75 Å². The van der Waals surface area contributed by atoms with Gasteiger partial charge in [-0.1, -0.05) is 36.7 Å². The SMILES string of the molecule is Cc1ccc(P(=Nc2ccc([N+](=O)[O-])cc2Br)(Oc2ccc(Br)cc2Br)C(C)(C)C)o1. The van der Waals surface area contributed by atoms with Crippen molar-refractivity contribution in [1.29, 1.82) is 0 Å². The lowest BCUT2D eigenvalue weighted by atomic mass is 10.3. The third-order valence-electron chi connectivity index (χ3n) is 4.45. The van der Waals surface area contributed by atoms with Crippen molar-refractivity contribution in [2.24, 2.45) is 4.74 Å². The highest BCUT2D eigenvalue weighted by atomic mass is 79.9. The Kier molecular flexibility index (Phi) is 7.21. The van der Waals surface area contributed by atoms with Crippen LogP contribution in [-0.4, -0.2) is 10.1 Å². The monoisotopic (exact) mass is 632 g/mol. The summed E-state index contributed by atoms with van der Waals surface area (Å²) in [4.78, 5) is 10.7. The van der Waals surface area contributed by atoms with Crippen LogP contribution >= 0.6 is 55.1 Å². The molecule has 0 aliphatic rings. The van der Waals surface area contributed by atoms with E-state index in [0.717, 1.165) is 14.7 Å². The second kappa shape index (κ2) is 9.22. The summed E-state index contributed by atoms with van der Waals surface area (Å²) in [5.41, 5.74) is 1.17. The minimum atomic E-state index is -2.85. The van der Waals surface area contributed by atoms with Gasteiger partial charge in [-0.05, 0) is 75.2 Å². The van der Waals surface area contributed by atoms with Gasteiger partial charge < -0.3 is 8.94 Å². The van der Waals surface area contributed by atoms with Crippen molar-refractivity contribution in [3.05, 3.63) is 77.8 Å². The Morgan fingerprint density at radius 3 is 2.26 bits per heavy atom. The molecule has 0 bridgehead atoms. The first-order chi connectivity index (χ1) is 14.4. The zero-order valence-corrected chi connectivity index (χ0v) is 22.9. The first-order valence-electron chi connectivity index (χ1n) is 9.21. The van der Waals surface area contributed by atoms with Crippen LogP contribution in [0.3, 0.4) is 0 Å². The number of nitrogens with zero attached hydrogens (tertiary/aromatic N) is 2. The zero-order valence-electron chi connectivity index (χ0n) is 17.2. The molecule has 6 nitrogen and oxygen atoms in total. The highest BCUT2D eigenvalue weighted by molar-refractivity contribution is 9.11. The average Bonchev–Trinajstić information content (AvgIpc) is 3.10. The van der Waals surface area contributed by atoms with Crippen LogP contribution in [0.25, 0.3) is 0 Å². The predicted molar refractivity (Wildman–Crippen MR) is 135 cm³/mol. The minimum absolute atomic E-state index is 0.0177. The van der Waals surface area contributed by atoms with Gasteiger partial charge in [0.1, 0.15) is 11.5 Å². The number of nitro groups is 1. The molecule has 0 spiro atoms. The molecule has 1 unspecified atom stereocenters. The summed E-state index contributed by atoms with van der Waals surface area (Å²) in [5.74, 6) is 1.38. The highest BCUT2D eigenvalue weighted by Crippen LogP contribution is 2.63. The van der Waals surface area contributed by atoms with E-state index in [4.69, 9.17) is 13.7 Å². The largest absolute Gasteiger partial charge is 0.457 e. The van der Waals surface area contributed by atoms with Crippen molar-refractivity contribution in [3.63, 3.8) is 0 Å². The second-order valence-corrected chi connectivity index (χ2v) is 13.7. The highest BCUT2D eigenvalue weighted by Gasteiger charge is 2.42. The van der Waals surface area contributed by atoms with Crippen LogP contribution in [0, 0.1) is 17.0 Å². The Bertz CT molecular complexity index is 1200. The number of nitro benzene ring substituents is 1. The first-order valence-corrected chi connectivity index (χ1v) is 13.2. The standard InChI is InChI=1S/C21H20Br3N2O4P/c1-13-5-10-20(29-13)31(21(2,3)4,30-19-9-6-14(22)11-17(19)24)25-18-8-7-15(26(27)28)12-16(18)23/h5-12H,1-4H3. The van der Waals surface area contributed by atoms with Gasteiger partial charge in [0.2, 0.25) is 7.28 Å². The molecule has 0 aliphatic carbocycles. The number of hydrogen-bond donors (Lipinski definition) is 0. The van der Waals surface area contributed by atoms with Crippen molar-refractivity contribution < 1.29 is 13.9 Å². The quantitative estimate of drug-likeness (QED) is 0.160. The molecule has 1 heterocycles. The summed E-state index contributed by atoms with van der Waals surface area (Å²) in [6.07, 6.45) is 0. The fourth-order valence-corrected chi connectivity index (χ4v) is 7.63. The van der Waals surface area contributed by atoms with Crippen molar-refractivity contribution in [1.82, 2.24) is 0 Å². The van der Waals surface area contributed by atoms with Crippen LogP contribution in [0.1, 0.15) is 26.5 Å². The summed E-state index contributed by atoms with van der Waals surface area (Å²) >= 11 is 10.5. The lowest BCUT2D eigenvalue weighted by Crippen LogP contribution is -2.26. The molecule has 0 saturated heterocycles. The third kappa shape index (κ3) is 5.16. The van der Waals surface area contributed by atoms with Crippen molar-refractivity contribution in [2.75, 3.05) is 0 Å². The van der Waals surface area contributed by atoms with Gasteiger partial charge in [-0.25, -0.2) is 4.74 Å². The van der Waals surface area contributed by atoms with E-state index in [1.54, 1.807) is 6.07 Å². The van der Waals surface area contributed by atoms with E-state index in [-0.39, 0.29) is 5.69 Å². The summed E-state index contributed by atoms with van der Waals surface area (Å²) in [7, 11) is -2.85. The van der Waals surface area contributed by atoms with Gasteiger partial charge in [0.05, 0.1) is 19.6 Å². The Morgan fingerprint density at radius 2 is 1.74 bits per heavy atom. The van der Waals surface area contributed by atoms with E-state index >= 15 is 0 Å². The van der Waals surface area contributed by atoms with Gasteiger partial charge in [0.25, 0.3) is 5.69 Å². The Morgan fingerprint density at radius 1 is 1.03 bits per heavy atom. The number of furan rings is 1. The molecule has 0 saturated carbocycles. The molecular weight excluding hydrogens is 615 g/mol. The van der Waals surface area contributed by atoms with E-state index in [2.05, 4.69) is 47.8 Å². The molecule has 31 heavy (non-hydrogen) atoms. The second-order valence-electron chi connectivity index (χ2n) is 7.79. The number of non-ortho nitro benzene ring substituents is 1. The lowest BCUT2D eigenvalue weighted by Gasteiger charge is -2.35. The Hall–Kier alpha value is -1.41.